The second-order valence-electron chi connectivity index (χ2n) is 3.67. The Bertz CT molecular complexity index is 526. The monoisotopic (exact) mass is 241 g/mol. The van der Waals surface area contributed by atoms with Gasteiger partial charge in [0.05, 0.1) is 17.4 Å². The Labute approximate surface area is 95.7 Å². The Morgan fingerprint density at radius 1 is 1.18 bits per heavy atom. The van der Waals surface area contributed by atoms with Crippen LogP contribution in [0.4, 0.5) is 19.0 Å². The number of hydrogen-bond acceptors (Lipinski definition) is 2. The van der Waals surface area contributed by atoms with Gasteiger partial charge in [0.2, 0.25) is 0 Å². The van der Waals surface area contributed by atoms with Crippen LogP contribution in [-0.2, 0) is 6.18 Å². The number of nitrogens with two attached hydrogens (primary N) is 1. The molecule has 2 N–H and O–H groups in total. The van der Waals surface area contributed by atoms with Crippen molar-refractivity contribution in [1.29, 1.82) is 0 Å². The van der Waals surface area contributed by atoms with Gasteiger partial charge in [-0.25, -0.2) is 4.68 Å². The molecule has 0 amide bonds. The van der Waals surface area contributed by atoms with Gasteiger partial charge in [-0.2, -0.15) is 18.3 Å². The van der Waals surface area contributed by atoms with Gasteiger partial charge >= 0.3 is 6.18 Å². The number of nitrogen functional groups attached to an aromatic ring is 1. The molecule has 0 radical (unpaired) electrons. The van der Waals surface area contributed by atoms with Crippen molar-refractivity contribution in [3.05, 3.63) is 41.6 Å². The van der Waals surface area contributed by atoms with Crippen LogP contribution >= 0.6 is 0 Å². The smallest absolute Gasteiger partial charge is 0.383 e. The van der Waals surface area contributed by atoms with Crippen LogP contribution in [0.1, 0.15) is 11.1 Å². The van der Waals surface area contributed by atoms with Crippen molar-refractivity contribution in [2.75, 3.05) is 5.73 Å². The Kier molecular flexibility index (Phi) is 2.57. The summed E-state index contributed by atoms with van der Waals surface area (Å²) >= 11 is 0. The first-order valence-corrected chi connectivity index (χ1v) is 4.87. The summed E-state index contributed by atoms with van der Waals surface area (Å²) in [7, 11) is 0. The molecule has 0 unspecified atom stereocenters. The summed E-state index contributed by atoms with van der Waals surface area (Å²) in [5.41, 5.74) is 6.33. The number of alkyl halides is 3. The van der Waals surface area contributed by atoms with E-state index in [1.54, 1.807) is 13.1 Å². The van der Waals surface area contributed by atoms with Crippen LogP contribution in [0.15, 0.2) is 30.5 Å². The third-order valence-electron chi connectivity index (χ3n) is 2.44. The number of aromatic nitrogens is 2. The number of rotatable bonds is 1. The summed E-state index contributed by atoms with van der Waals surface area (Å²) in [5, 5.41) is 3.99. The van der Waals surface area contributed by atoms with Crippen LogP contribution in [0.25, 0.3) is 5.69 Å². The lowest BCUT2D eigenvalue weighted by atomic mass is 10.2. The van der Waals surface area contributed by atoms with Crippen LogP contribution in [0.3, 0.4) is 0 Å². The first kappa shape index (κ1) is 11.5. The zero-order valence-electron chi connectivity index (χ0n) is 8.99. The molecule has 0 aliphatic carbocycles. The maximum absolute atomic E-state index is 12.4. The molecule has 1 heterocycles. The standard InChI is InChI=1S/C11H10F3N3/c1-7-6-16-17(10(7)15)9-4-2-8(3-5-9)11(12,13)14/h2-6H,15H2,1H3. The highest BCUT2D eigenvalue weighted by Crippen LogP contribution is 2.29. The van der Waals surface area contributed by atoms with E-state index >= 15 is 0 Å². The molecular weight excluding hydrogens is 231 g/mol. The quantitative estimate of drug-likeness (QED) is 0.834. The molecule has 2 aromatic rings. The topological polar surface area (TPSA) is 43.8 Å². The number of hydrogen-bond donors (Lipinski definition) is 1. The van der Waals surface area contributed by atoms with Crippen molar-refractivity contribution in [1.82, 2.24) is 9.78 Å². The molecule has 17 heavy (non-hydrogen) atoms. The average molecular weight is 241 g/mol. The minimum Gasteiger partial charge on any atom is -0.383 e. The summed E-state index contributed by atoms with van der Waals surface area (Å²) < 4.78 is 38.5. The first-order chi connectivity index (χ1) is 7.89. The highest BCUT2D eigenvalue weighted by atomic mass is 19.4. The van der Waals surface area contributed by atoms with Crippen LogP contribution in [0.2, 0.25) is 0 Å². The van der Waals surface area contributed by atoms with E-state index in [4.69, 9.17) is 5.73 Å². The second-order valence-corrected chi connectivity index (χ2v) is 3.67. The molecule has 2 rings (SSSR count). The van der Waals surface area contributed by atoms with Gasteiger partial charge in [0.25, 0.3) is 0 Å². The molecule has 0 fully saturated rings. The van der Waals surface area contributed by atoms with Crippen molar-refractivity contribution in [2.24, 2.45) is 0 Å². The summed E-state index contributed by atoms with van der Waals surface area (Å²) in [6.07, 6.45) is -2.77. The lowest BCUT2D eigenvalue weighted by Gasteiger charge is -2.08. The van der Waals surface area contributed by atoms with Crippen molar-refractivity contribution < 1.29 is 13.2 Å². The van der Waals surface area contributed by atoms with Crippen LogP contribution in [-0.4, -0.2) is 9.78 Å². The predicted molar refractivity (Wildman–Crippen MR) is 57.7 cm³/mol. The van der Waals surface area contributed by atoms with Gasteiger partial charge in [-0.15, -0.1) is 0 Å². The zero-order valence-corrected chi connectivity index (χ0v) is 8.99. The fourth-order valence-corrected chi connectivity index (χ4v) is 1.44. The lowest BCUT2D eigenvalue weighted by molar-refractivity contribution is -0.137. The van der Waals surface area contributed by atoms with E-state index in [0.717, 1.165) is 17.7 Å². The van der Waals surface area contributed by atoms with E-state index in [0.29, 0.717) is 11.5 Å². The van der Waals surface area contributed by atoms with Crippen molar-refractivity contribution in [3.8, 4) is 5.69 Å². The van der Waals surface area contributed by atoms with Crippen LogP contribution in [0, 0.1) is 6.92 Å². The maximum atomic E-state index is 12.4. The van der Waals surface area contributed by atoms with E-state index in [2.05, 4.69) is 5.10 Å². The number of nitrogens with zero attached hydrogens (tertiary/aromatic N) is 2. The highest BCUT2D eigenvalue weighted by molar-refractivity contribution is 5.46. The molecule has 3 nitrogen and oxygen atoms in total. The molecule has 1 aromatic carbocycles. The minimum absolute atomic E-state index is 0.421. The molecule has 0 aliphatic heterocycles. The van der Waals surface area contributed by atoms with E-state index in [-0.39, 0.29) is 0 Å². The number of halogens is 3. The Morgan fingerprint density at radius 3 is 2.18 bits per heavy atom. The van der Waals surface area contributed by atoms with Gasteiger partial charge < -0.3 is 5.73 Å². The van der Waals surface area contributed by atoms with E-state index in [9.17, 15) is 13.2 Å². The predicted octanol–water partition coefficient (Wildman–Crippen LogP) is 2.78. The molecule has 90 valence electrons. The van der Waals surface area contributed by atoms with Crippen molar-refractivity contribution in [3.63, 3.8) is 0 Å². The van der Waals surface area contributed by atoms with Gasteiger partial charge in [-0.3, -0.25) is 0 Å². The maximum Gasteiger partial charge on any atom is 0.416 e. The SMILES string of the molecule is Cc1cnn(-c2ccc(C(F)(F)F)cc2)c1N. The van der Waals surface area contributed by atoms with E-state index < -0.39 is 11.7 Å². The molecule has 6 heteroatoms. The molecule has 0 saturated carbocycles. The minimum atomic E-state index is -4.33. The third kappa shape index (κ3) is 2.11. The normalized spacial score (nSPS) is 11.8. The first-order valence-electron chi connectivity index (χ1n) is 4.87. The summed E-state index contributed by atoms with van der Waals surface area (Å²) in [6, 6.07) is 4.69. The summed E-state index contributed by atoms with van der Waals surface area (Å²) in [4.78, 5) is 0. The van der Waals surface area contributed by atoms with Gasteiger partial charge in [0, 0.05) is 5.56 Å². The summed E-state index contributed by atoms with van der Waals surface area (Å²) in [6.45, 7) is 1.78. The number of anilines is 1. The fourth-order valence-electron chi connectivity index (χ4n) is 1.44. The Hall–Kier alpha value is -1.98. The molecule has 0 spiro atoms. The number of aryl methyl sites for hydroxylation is 1. The number of benzene rings is 1. The molecule has 0 atom stereocenters. The van der Waals surface area contributed by atoms with E-state index in [1.807, 2.05) is 0 Å². The van der Waals surface area contributed by atoms with E-state index in [1.165, 1.54) is 16.8 Å². The Morgan fingerprint density at radius 2 is 1.76 bits per heavy atom. The third-order valence-corrected chi connectivity index (χ3v) is 2.44. The van der Waals surface area contributed by atoms with Crippen molar-refractivity contribution >= 4 is 5.82 Å². The second kappa shape index (κ2) is 3.80. The zero-order chi connectivity index (χ0) is 12.6. The van der Waals surface area contributed by atoms with Gasteiger partial charge in [-0.1, -0.05) is 0 Å². The molecule has 0 aliphatic rings. The highest BCUT2D eigenvalue weighted by Gasteiger charge is 2.30. The molecule has 0 saturated heterocycles. The summed E-state index contributed by atoms with van der Waals surface area (Å²) in [5.74, 6) is 0.421. The van der Waals surface area contributed by atoms with Crippen LogP contribution < -0.4 is 5.73 Å². The van der Waals surface area contributed by atoms with Gasteiger partial charge in [0.1, 0.15) is 5.82 Å². The van der Waals surface area contributed by atoms with Gasteiger partial charge in [0.15, 0.2) is 0 Å². The molecule has 1 aromatic heterocycles. The largest absolute Gasteiger partial charge is 0.416 e. The van der Waals surface area contributed by atoms with Gasteiger partial charge in [-0.05, 0) is 31.2 Å². The van der Waals surface area contributed by atoms with Crippen molar-refractivity contribution in [2.45, 2.75) is 13.1 Å². The van der Waals surface area contributed by atoms with Crippen LogP contribution in [0.5, 0.6) is 0 Å². The lowest BCUT2D eigenvalue weighted by Crippen LogP contribution is -2.06. The molecule has 0 bridgehead atoms. The Balaban J connectivity index is 2.40. The fraction of sp³-hybridized carbons (Fsp3) is 0.182. The average Bonchev–Trinajstić information content (AvgIpc) is 2.59. The molecular formula is C11H10F3N3.